The molecule has 2 aliphatic rings. The molecule has 0 saturated carbocycles. The molecule has 0 radical (unpaired) electrons. The van der Waals surface area contributed by atoms with Crippen LogP contribution in [0.2, 0.25) is 0 Å². The summed E-state index contributed by atoms with van der Waals surface area (Å²) in [5, 5.41) is 3.70. The van der Waals surface area contributed by atoms with Crippen molar-refractivity contribution in [1.29, 1.82) is 0 Å². The lowest BCUT2D eigenvalue weighted by molar-refractivity contribution is -0.100. The summed E-state index contributed by atoms with van der Waals surface area (Å²) in [5.74, 6) is 0. The summed E-state index contributed by atoms with van der Waals surface area (Å²) in [6.45, 7) is 5.16. The number of ether oxygens (including phenoxy) is 1. The fourth-order valence-corrected chi connectivity index (χ4v) is 3.13. The van der Waals surface area contributed by atoms with Crippen LogP contribution in [0.15, 0.2) is 22.7 Å². The molecule has 3 rings (SSSR count). The molecule has 1 atom stereocenters. The second kappa shape index (κ2) is 4.38. The fraction of sp³-hybridized carbons (Fsp3) is 0.571. The van der Waals surface area contributed by atoms with Crippen molar-refractivity contribution < 1.29 is 4.74 Å². The van der Waals surface area contributed by atoms with E-state index in [1.54, 1.807) is 0 Å². The first-order chi connectivity index (χ1) is 8.16. The molecule has 92 valence electrons. The molecule has 1 heterocycles. The van der Waals surface area contributed by atoms with Gasteiger partial charge in [-0.1, -0.05) is 28.9 Å². The van der Waals surface area contributed by atoms with Gasteiger partial charge in [0.2, 0.25) is 0 Å². The van der Waals surface area contributed by atoms with Crippen LogP contribution in [0, 0.1) is 5.41 Å². The smallest absolute Gasteiger partial charge is 0.0554 e. The van der Waals surface area contributed by atoms with Crippen molar-refractivity contribution in [3.63, 3.8) is 0 Å². The van der Waals surface area contributed by atoms with Crippen molar-refractivity contribution in [2.24, 2.45) is 5.41 Å². The lowest BCUT2D eigenvalue weighted by atomic mass is 9.88. The Kier molecular flexibility index (Phi) is 3.01. The van der Waals surface area contributed by atoms with Crippen LogP contribution in [-0.2, 0) is 11.2 Å². The van der Waals surface area contributed by atoms with Crippen LogP contribution in [0.3, 0.4) is 0 Å². The first kappa shape index (κ1) is 11.7. The van der Waals surface area contributed by atoms with Crippen molar-refractivity contribution in [3.05, 3.63) is 33.8 Å². The molecule has 1 aliphatic carbocycles. The van der Waals surface area contributed by atoms with Gasteiger partial charge in [0.1, 0.15) is 0 Å². The number of nitrogens with one attached hydrogen (secondary N) is 1. The number of hydrogen-bond acceptors (Lipinski definition) is 2. The lowest BCUT2D eigenvalue weighted by Gasteiger charge is -2.39. The molecule has 17 heavy (non-hydrogen) atoms. The number of fused-ring (bicyclic) bond motifs is 1. The zero-order valence-electron chi connectivity index (χ0n) is 10.1. The van der Waals surface area contributed by atoms with Crippen LogP contribution in [-0.4, -0.2) is 19.8 Å². The highest BCUT2D eigenvalue weighted by molar-refractivity contribution is 9.10. The van der Waals surface area contributed by atoms with Gasteiger partial charge >= 0.3 is 0 Å². The Morgan fingerprint density at radius 3 is 3.00 bits per heavy atom. The van der Waals surface area contributed by atoms with Crippen LogP contribution in [0.4, 0.5) is 0 Å². The molecule has 1 unspecified atom stereocenters. The van der Waals surface area contributed by atoms with Crippen molar-refractivity contribution >= 4 is 15.9 Å². The molecular formula is C14H18BrNO. The van der Waals surface area contributed by atoms with E-state index in [0.717, 1.165) is 19.8 Å². The van der Waals surface area contributed by atoms with Crippen molar-refractivity contribution in [2.45, 2.75) is 25.8 Å². The van der Waals surface area contributed by atoms with Crippen molar-refractivity contribution in [1.82, 2.24) is 5.32 Å². The molecule has 2 nitrogen and oxygen atoms in total. The van der Waals surface area contributed by atoms with E-state index in [1.807, 2.05) is 0 Å². The summed E-state index contributed by atoms with van der Waals surface area (Å²) in [4.78, 5) is 0. The number of halogens is 1. The second-order valence-electron chi connectivity index (χ2n) is 5.62. The van der Waals surface area contributed by atoms with E-state index in [9.17, 15) is 0 Å². The zero-order chi connectivity index (χ0) is 11.9. The Hall–Kier alpha value is -0.380. The van der Waals surface area contributed by atoms with Gasteiger partial charge in [-0.15, -0.1) is 0 Å². The fourth-order valence-electron chi connectivity index (χ4n) is 2.72. The molecule has 0 spiro atoms. The van der Waals surface area contributed by atoms with E-state index in [4.69, 9.17) is 4.74 Å². The van der Waals surface area contributed by atoms with E-state index < -0.39 is 0 Å². The van der Waals surface area contributed by atoms with Crippen LogP contribution in [0.25, 0.3) is 0 Å². The predicted molar refractivity (Wildman–Crippen MR) is 72.1 cm³/mol. The summed E-state index contributed by atoms with van der Waals surface area (Å²) >= 11 is 3.54. The lowest BCUT2D eigenvalue weighted by Crippen LogP contribution is -2.47. The van der Waals surface area contributed by atoms with Gasteiger partial charge in [-0.3, -0.25) is 0 Å². The summed E-state index contributed by atoms with van der Waals surface area (Å²) in [5.41, 5.74) is 3.34. The number of aryl methyl sites for hydroxylation is 1. The first-order valence-electron chi connectivity index (χ1n) is 6.26. The van der Waals surface area contributed by atoms with Crippen LogP contribution in [0.5, 0.6) is 0 Å². The average molecular weight is 296 g/mol. The second-order valence-corrected chi connectivity index (χ2v) is 6.53. The van der Waals surface area contributed by atoms with Crippen LogP contribution in [0.1, 0.15) is 30.5 Å². The monoisotopic (exact) mass is 295 g/mol. The number of rotatable bonds is 3. The van der Waals surface area contributed by atoms with Crippen molar-refractivity contribution in [3.8, 4) is 0 Å². The Labute approximate surface area is 111 Å². The molecule has 1 N–H and O–H groups in total. The summed E-state index contributed by atoms with van der Waals surface area (Å²) < 4.78 is 6.48. The first-order valence-corrected chi connectivity index (χ1v) is 7.05. The van der Waals surface area contributed by atoms with Gasteiger partial charge in [-0.05, 0) is 36.1 Å². The standard InChI is InChI=1S/C14H18BrNO/c1-14(8-17-9-14)7-16-13-5-2-10-6-11(15)3-4-12(10)13/h3-4,6,13,16H,2,5,7-9H2,1H3. The highest BCUT2D eigenvalue weighted by Gasteiger charge is 2.34. The third-order valence-electron chi connectivity index (χ3n) is 3.86. The maximum absolute atomic E-state index is 5.29. The minimum atomic E-state index is 0.359. The molecule has 1 fully saturated rings. The van der Waals surface area contributed by atoms with Crippen molar-refractivity contribution in [2.75, 3.05) is 19.8 Å². The third-order valence-corrected chi connectivity index (χ3v) is 4.35. The Balaban J connectivity index is 1.67. The molecular weight excluding hydrogens is 278 g/mol. The minimum Gasteiger partial charge on any atom is -0.380 e. The Bertz CT molecular complexity index is 428. The summed E-state index contributed by atoms with van der Waals surface area (Å²) in [7, 11) is 0. The maximum Gasteiger partial charge on any atom is 0.0554 e. The molecule has 1 aromatic carbocycles. The van der Waals surface area contributed by atoms with Gasteiger partial charge in [0.25, 0.3) is 0 Å². The van der Waals surface area contributed by atoms with Gasteiger partial charge in [0.15, 0.2) is 0 Å². The molecule has 1 saturated heterocycles. The zero-order valence-corrected chi connectivity index (χ0v) is 11.7. The van der Waals surface area contributed by atoms with Crippen LogP contribution < -0.4 is 5.32 Å². The SMILES string of the molecule is CC1(CNC2CCc3cc(Br)ccc32)COC1. The van der Waals surface area contributed by atoms with E-state index in [-0.39, 0.29) is 0 Å². The molecule has 0 amide bonds. The van der Waals surface area contributed by atoms with Gasteiger partial charge in [-0.2, -0.15) is 0 Å². The summed E-state index contributed by atoms with van der Waals surface area (Å²) in [6.07, 6.45) is 2.42. The topological polar surface area (TPSA) is 21.3 Å². The van der Waals surface area contributed by atoms with E-state index in [1.165, 1.54) is 28.4 Å². The van der Waals surface area contributed by atoms with Gasteiger partial charge < -0.3 is 10.1 Å². The molecule has 1 aliphatic heterocycles. The third kappa shape index (κ3) is 2.28. The molecule has 0 aromatic heterocycles. The van der Waals surface area contributed by atoms with Gasteiger partial charge in [0.05, 0.1) is 13.2 Å². The molecule has 0 bridgehead atoms. The van der Waals surface area contributed by atoms with E-state index >= 15 is 0 Å². The average Bonchev–Trinajstić information content (AvgIpc) is 2.66. The highest BCUT2D eigenvalue weighted by atomic mass is 79.9. The minimum absolute atomic E-state index is 0.359. The Morgan fingerprint density at radius 2 is 2.29 bits per heavy atom. The number of hydrogen-bond donors (Lipinski definition) is 1. The quantitative estimate of drug-likeness (QED) is 0.925. The highest BCUT2D eigenvalue weighted by Crippen LogP contribution is 2.34. The largest absolute Gasteiger partial charge is 0.380 e. The normalized spacial score (nSPS) is 25.4. The van der Waals surface area contributed by atoms with Crippen LogP contribution >= 0.6 is 15.9 Å². The Morgan fingerprint density at radius 1 is 1.47 bits per heavy atom. The van der Waals surface area contributed by atoms with E-state index in [0.29, 0.717) is 11.5 Å². The molecule has 3 heteroatoms. The summed E-state index contributed by atoms with van der Waals surface area (Å²) in [6, 6.07) is 7.19. The number of benzene rings is 1. The van der Waals surface area contributed by atoms with Gasteiger partial charge in [-0.25, -0.2) is 0 Å². The molecule has 1 aromatic rings. The van der Waals surface area contributed by atoms with Gasteiger partial charge in [0, 0.05) is 22.5 Å². The predicted octanol–water partition coefficient (Wildman–Crippen LogP) is 3.06. The maximum atomic E-state index is 5.29. The van der Waals surface area contributed by atoms with E-state index in [2.05, 4.69) is 46.4 Å².